The molecule has 1 heterocycles. The van der Waals surface area contributed by atoms with Crippen LogP contribution in [0.3, 0.4) is 0 Å². The first-order chi connectivity index (χ1) is 9.08. The van der Waals surface area contributed by atoms with Crippen LogP contribution >= 0.6 is 0 Å². The highest BCUT2D eigenvalue weighted by Crippen LogP contribution is 2.19. The highest BCUT2D eigenvalue weighted by atomic mass is 16.5. The van der Waals surface area contributed by atoms with Crippen LogP contribution in [0.2, 0.25) is 0 Å². The molecule has 0 radical (unpaired) electrons. The van der Waals surface area contributed by atoms with E-state index in [4.69, 9.17) is 9.84 Å². The van der Waals surface area contributed by atoms with E-state index in [2.05, 4.69) is 4.98 Å². The number of aromatic nitrogens is 2. The van der Waals surface area contributed by atoms with E-state index in [0.717, 1.165) is 11.4 Å². The maximum Gasteiger partial charge on any atom is 0.335 e. The first kappa shape index (κ1) is 13.1. The predicted octanol–water partition coefficient (Wildman–Crippen LogP) is 2.05. The van der Waals surface area contributed by atoms with Crippen molar-refractivity contribution in [1.82, 2.24) is 9.55 Å². The van der Waals surface area contributed by atoms with Crippen molar-refractivity contribution in [3.8, 4) is 5.75 Å². The summed E-state index contributed by atoms with van der Waals surface area (Å²) in [5.41, 5.74) is 1.16. The van der Waals surface area contributed by atoms with Crippen LogP contribution in [0.1, 0.15) is 21.7 Å². The van der Waals surface area contributed by atoms with Crippen LogP contribution in [-0.2, 0) is 13.5 Å². The molecule has 5 heteroatoms. The van der Waals surface area contributed by atoms with Gasteiger partial charge in [0.15, 0.2) is 0 Å². The summed E-state index contributed by atoms with van der Waals surface area (Å²) in [4.78, 5) is 15.1. The third kappa shape index (κ3) is 3.13. The van der Waals surface area contributed by atoms with E-state index in [0.29, 0.717) is 18.8 Å². The van der Waals surface area contributed by atoms with Gasteiger partial charge in [-0.05, 0) is 24.6 Å². The maximum absolute atomic E-state index is 10.9. The largest absolute Gasteiger partial charge is 0.493 e. The summed E-state index contributed by atoms with van der Waals surface area (Å²) < 4.78 is 7.57. The van der Waals surface area contributed by atoms with Crippen LogP contribution in [0.15, 0.2) is 30.6 Å². The van der Waals surface area contributed by atoms with Gasteiger partial charge in [0.2, 0.25) is 0 Å². The number of carbonyl (C=O) groups is 1. The van der Waals surface area contributed by atoms with E-state index < -0.39 is 5.97 Å². The van der Waals surface area contributed by atoms with Gasteiger partial charge in [0.1, 0.15) is 11.6 Å². The van der Waals surface area contributed by atoms with Crippen LogP contribution in [0.4, 0.5) is 0 Å². The fourth-order valence-corrected chi connectivity index (χ4v) is 1.78. The Kier molecular flexibility index (Phi) is 3.85. The number of ether oxygens (including phenoxy) is 1. The molecular formula is C14H16N2O3. The number of aryl methyl sites for hydroxylation is 2. The van der Waals surface area contributed by atoms with Crippen LogP contribution in [0, 0.1) is 6.92 Å². The molecule has 100 valence electrons. The Bertz CT molecular complexity index is 590. The van der Waals surface area contributed by atoms with Gasteiger partial charge in [0.05, 0.1) is 12.2 Å². The molecule has 0 atom stereocenters. The zero-order valence-corrected chi connectivity index (χ0v) is 11.0. The average molecular weight is 260 g/mol. The van der Waals surface area contributed by atoms with Crippen molar-refractivity contribution in [2.75, 3.05) is 6.61 Å². The minimum Gasteiger partial charge on any atom is -0.493 e. The number of nitrogens with zero attached hydrogens (tertiary/aromatic N) is 2. The van der Waals surface area contributed by atoms with E-state index in [1.54, 1.807) is 24.4 Å². The summed E-state index contributed by atoms with van der Waals surface area (Å²) in [6.07, 6.45) is 4.30. The topological polar surface area (TPSA) is 64.3 Å². The van der Waals surface area contributed by atoms with Crippen molar-refractivity contribution >= 4 is 5.97 Å². The molecule has 1 aromatic heterocycles. The Labute approximate surface area is 111 Å². The molecule has 2 rings (SSSR count). The highest BCUT2D eigenvalue weighted by Gasteiger charge is 2.07. The maximum atomic E-state index is 10.9. The van der Waals surface area contributed by atoms with E-state index in [-0.39, 0.29) is 5.56 Å². The molecule has 0 aliphatic heterocycles. The van der Waals surface area contributed by atoms with Crippen LogP contribution in [-0.4, -0.2) is 27.2 Å². The summed E-state index contributed by atoms with van der Waals surface area (Å²) >= 11 is 0. The molecule has 0 spiro atoms. The van der Waals surface area contributed by atoms with Crippen molar-refractivity contribution in [1.29, 1.82) is 0 Å². The summed E-state index contributed by atoms with van der Waals surface area (Å²) in [5, 5.41) is 8.94. The lowest BCUT2D eigenvalue weighted by Crippen LogP contribution is -2.07. The normalized spacial score (nSPS) is 10.4. The number of carboxylic acids is 1. The van der Waals surface area contributed by atoms with E-state index in [1.807, 2.05) is 24.7 Å². The minimum absolute atomic E-state index is 0.234. The minimum atomic E-state index is -0.950. The zero-order valence-electron chi connectivity index (χ0n) is 11.0. The van der Waals surface area contributed by atoms with Gasteiger partial charge in [-0.2, -0.15) is 0 Å². The summed E-state index contributed by atoms with van der Waals surface area (Å²) in [7, 11) is 1.93. The SMILES string of the molecule is Cc1ccc(C(=O)O)cc1OCCc1nccn1C. The molecule has 0 saturated carbocycles. The number of imidazole rings is 1. The molecular weight excluding hydrogens is 244 g/mol. The molecule has 0 bridgehead atoms. The summed E-state index contributed by atoms with van der Waals surface area (Å²) in [5.74, 6) is 0.593. The Morgan fingerprint density at radius 2 is 2.26 bits per heavy atom. The number of aromatic carboxylic acids is 1. The molecule has 0 aliphatic carbocycles. The third-order valence-corrected chi connectivity index (χ3v) is 2.94. The lowest BCUT2D eigenvalue weighted by atomic mass is 10.1. The predicted molar refractivity (Wildman–Crippen MR) is 70.5 cm³/mol. The molecule has 0 saturated heterocycles. The number of hydrogen-bond acceptors (Lipinski definition) is 3. The Hall–Kier alpha value is -2.30. The number of benzene rings is 1. The Morgan fingerprint density at radius 1 is 1.47 bits per heavy atom. The molecule has 0 fully saturated rings. The van der Waals surface area contributed by atoms with Crippen molar-refractivity contribution < 1.29 is 14.6 Å². The van der Waals surface area contributed by atoms with Crippen LogP contribution in [0.5, 0.6) is 5.75 Å². The van der Waals surface area contributed by atoms with Crippen molar-refractivity contribution in [2.45, 2.75) is 13.3 Å². The fourth-order valence-electron chi connectivity index (χ4n) is 1.78. The van der Waals surface area contributed by atoms with Gasteiger partial charge in [-0.15, -0.1) is 0 Å². The number of hydrogen-bond donors (Lipinski definition) is 1. The number of rotatable bonds is 5. The molecule has 0 unspecified atom stereocenters. The van der Waals surface area contributed by atoms with Gasteiger partial charge in [0.25, 0.3) is 0 Å². The zero-order chi connectivity index (χ0) is 13.8. The van der Waals surface area contributed by atoms with Gasteiger partial charge >= 0.3 is 5.97 Å². The van der Waals surface area contributed by atoms with Gasteiger partial charge in [-0.3, -0.25) is 0 Å². The lowest BCUT2D eigenvalue weighted by molar-refractivity contribution is 0.0696. The smallest absolute Gasteiger partial charge is 0.335 e. The quantitative estimate of drug-likeness (QED) is 0.893. The van der Waals surface area contributed by atoms with Gasteiger partial charge in [-0.25, -0.2) is 9.78 Å². The van der Waals surface area contributed by atoms with Crippen molar-refractivity contribution in [3.05, 3.63) is 47.5 Å². The van der Waals surface area contributed by atoms with Crippen LogP contribution < -0.4 is 4.74 Å². The fraction of sp³-hybridized carbons (Fsp3) is 0.286. The monoisotopic (exact) mass is 260 g/mol. The van der Waals surface area contributed by atoms with Gasteiger partial charge in [-0.1, -0.05) is 6.07 Å². The lowest BCUT2D eigenvalue weighted by Gasteiger charge is -2.09. The first-order valence-corrected chi connectivity index (χ1v) is 6.01. The van der Waals surface area contributed by atoms with Gasteiger partial charge < -0.3 is 14.4 Å². The number of carboxylic acid groups (broad SMARTS) is 1. The Balaban J connectivity index is 2.01. The van der Waals surface area contributed by atoms with E-state index >= 15 is 0 Å². The van der Waals surface area contributed by atoms with E-state index in [1.165, 1.54) is 0 Å². The second kappa shape index (κ2) is 5.56. The Morgan fingerprint density at radius 3 is 2.89 bits per heavy atom. The molecule has 2 aromatic rings. The second-order valence-electron chi connectivity index (χ2n) is 4.34. The average Bonchev–Trinajstić information content (AvgIpc) is 2.77. The molecule has 0 amide bonds. The van der Waals surface area contributed by atoms with Crippen LogP contribution in [0.25, 0.3) is 0 Å². The van der Waals surface area contributed by atoms with Crippen molar-refractivity contribution in [3.63, 3.8) is 0 Å². The second-order valence-corrected chi connectivity index (χ2v) is 4.34. The molecule has 19 heavy (non-hydrogen) atoms. The molecule has 0 aliphatic rings. The first-order valence-electron chi connectivity index (χ1n) is 6.01. The summed E-state index contributed by atoms with van der Waals surface area (Å²) in [6.45, 7) is 2.36. The third-order valence-electron chi connectivity index (χ3n) is 2.94. The molecule has 5 nitrogen and oxygen atoms in total. The van der Waals surface area contributed by atoms with E-state index in [9.17, 15) is 4.79 Å². The summed E-state index contributed by atoms with van der Waals surface area (Å²) in [6, 6.07) is 4.87. The van der Waals surface area contributed by atoms with Gasteiger partial charge in [0, 0.05) is 25.9 Å². The highest BCUT2D eigenvalue weighted by molar-refractivity contribution is 5.88. The molecule has 1 aromatic carbocycles. The van der Waals surface area contributed by atoms with Crippen molar-refractivity contribution in [2.24, 2.45) is 7.05 Å². The standard InChI is InChI=1S/C14H16N2O3/c1-10-3-4-11(14(17)18)9-12(10)19-8-5-13-15-6-7-16(13)2/h3-4,6-7,9H,5,8H2,1-2H3,(H,17,18). The molecule has 1 N–H and O–H groups in total.